The highest BCUT2D eigenvalue weighted by molar-refractivity contribution is 7.80. The summed E-state index contributed by atoms with van der Waals surface area (Å²) in [5, 5.41) is 2.69. The second-order valence-electron chi connectivity index (χ2n) is 5.87. The van der Waals surface area contributed by atoms with Crippen molar-refractivity contribution in [3.63, 3.8) is 0 Å². The maximum absolute atomic E-state index is 11.6. The number of carbonyl (C=O) groups is 2. The smallest absolute Gasteiger partial charge is 0.407 e. The summed E-state index contributed by atoms with van der Waals surface area (Å²) in [5.41, 5.74) is -0.477. The highest BCUT2D eigenvalue weighted by Gasteiger charge is 2.27. The average molecular weight is 288 g/mol. The Balaban J connectivity index is 2.14. The number of alkyl carbamates (subject to hydrolysis) is 1. The molecule has 0 aromatic heterocycles. The molecule has 1 heterocycles. The second kappa shape index (κ2) is 7.03. The second-order valence-corrected chi connectivity index (χ2v) is 6.24. The van der Waals surface area contributed by atoms with E-state index in [1.807, 2.05) is 25.7 Å². The molecule has 2 amide bonds. The molecule has 1 rings (SSSR count). The lowest BCUT2D eigenvalue weighted by atomic mass is 10.1. The normalized spacial score (nSPS) is 19.7. The summed E-state index contributed by atoms with van der Waals surface area (Å²) in [6.45, 7) is 7.46. The van der Waals surface area contributed by atoms with Crippen molar-refractivity contribution in [1.82, 2.24) is 10.2 Å². The molecule has 6 heteroatoms. The Labute approximate surface area is 120 Å². The minimum absolute atomic E-state index is 0.191. The molecule has 1 aliphatic heterocycles. The van der Waals surface area contributed by atoms with Crippen molar-refractivity contribution < 1.29 is 14.3 Å². The number of thiol groups is 1. The Morgan fingerprint density at radius 1 is 1.53 bits per heavy atom. The van der Waals surface area contributed by atoms with Crippen molar-refractivity contribution in [2.45, 2.75) is 39.2 Å². The molecule has 0 aliphatic carbocycles. The fourth-order valence-electron chi connectivity index (χ4n) is 1.97. The fourth-order valence-corrected chi connectivity index (χ4v) is 2.21. The Hall–Kier alpha value is -0.910. The van der Waals surface area contributed by atoms with Crippen molar-refractivity contribution in [2.75, 3.05) is 25.4 Å². The maximum Gasteiger partial charge on any atom is 0.407 e. The third-order valence-corrected chi connectivity index (χ3v) is 3.34. The van der Waals surface area contributed by atoms with Gasteiger partial charge in [-0.3, -0.25) is 4.79 Å². The van der Waals surface area contributed by atoms with Crippen LogP contribution >= 0.6 is 12.6 Å². The number of hydrogen-bond donors (Lipinski definition) is 2. The molecule has 1 aliphatic rings. The third-order valence-electron chi connectivity index (χ3n) is 2.83. The van der Waals surface area contributed by atoms with Gasteiger partial charge in [0.15, 0.2) is 0 Å². The van der Waals surface area contributed by atoms with Crippen LogP contribution in [0.4, 0.5) is 4.79 Å². The van der Waals surface area contributed by atoms with E-state index in [9.17, 15) is 9.59 Å². The summed E-state index contributed by atoms with van der Waals surface area (Å²) in [6, 6.07) is 0. The minimum atomic E-state index is -0.477. The molecule has 0 aromatic carbocycles. The first kappa shape index (κ1) is 16.1. The monoisotopic (exact) mass is 288 g/mol. The predicted octanol–water partition coefficient (Wildman–Crippen LogP) is 1.68. The van der Waals surface area contributed by atoms with Crippen molar-refractivity contribution >= 4 is 24.6 Å². The SMILES string of the molecule is CC(C)(C)OC(=O)NCCCN1CC(CS)CC1=O. The summed E-state index contributed by atoms with van der Waals surface area (Å²) in [4.78, 5) is 24.9. The van der Waals surface area contributed by atoms with Gasteiger partial charge in [0, 0.05) is 26.1 Å². The summed E-state index contributed by atoms with van der Waals surface area (Å²) >= 11 is 4.22. The molecule has 0 radical (unpaired) electrons. The van der Waals surface area contributed by atoms with Crippen LogP contribution in [0, 0.1) is 5.92 Å². The Morgan fingerprint density at radius 3 is 2.74 bits per heavy atom. The van der Waals surface area contributed by atoms with E-state index in [4.69, 9.17) is 4.74 Å². The summed E-state index contributed by atoms with van der Waals surface area (Å²) in [5.74, 6) is 1.31. The molecule has 0 bridgehead atoms. The lowest BCUT2D eigenvalue weighted by Crippen LogP contribution is -2.34. The zero-order valence-corrected chi connectivity index (χ0v) is 12.8. The van der Waals surface area contributed by atoms with Crippen LogP contribution in [0.2, 0.25) is 0 Å². The molecule has 1 unspecified atom stereocenters. The highest BCUT2D eigenvalue weighted by atomic mass is 32.1. The Kier molecular flexibility index (Phi) is 5.97. The topological polar surface area (TPSA) is 58.6 Å². The van der Waals surface area contributed by atoms with Gasteiger partial charge in [-0.15, -0.1) is 0 Å². The number of hydrogen-bond acceptors (Lipinski definition) is 4. The van der Waals surface area contributed by atoms with E-state index in [0.29, 0.717) is 25.4 Å². The van der Waals surface area contributed by atoms with E-state index in [1.165, 1.54) is 0 Å². The average Bonchev–Trinajstić information content (AvgIpc) is 2.63. The van der Waals surface area contributed by atoms with Gasteiger partial charge in [-0.05, 0) is 38.9 Å². The van der Waals surface area contributed by atoms with Crippen molar-refractivity contribution in [1.29, 1.82) is 0 Å². The van der Waals surface area contributed by atoms with Crippen molar-refractivity contribution in [3.05, 3.63) is 0 Å². The predicted molar refractivity (Wildman–Crippen MR) is 77.4 cm³/mol. The lowest BCUT2D eigenvalue weighted by Gasteiger charge is -2.20. The third kappa shape index (κ3) is 6.18. The molecular weight excluding hydrogens is 264 g/mol. The van der Waals surface area contributed by atoms with Gasteiger partial charge < -0.3 is 15.0 Å². The van der Waals surface area contributed by atoms with Crippen LogP contribution in [0.25, 0.3) is 0 Å². The molecule has 1 saturated heterocycles. The number of rotatable bonds is 5. The molecule has 1 fully saturated rings. The first-order valence-electron chi connectivity index (χ1n) is 6.67. The molecule has 0 aromatic rings. The van der Waals surface area contributed by atoms with Gasteiger partial charge in [0.05, 0.1) is 0 Å². The number of likely N-dealkylation sites (tertiary alicyclic amines) is 1. The van der Waals surface area contributed by atoms with E-state index in [1.54, 1.807) is 0 Å². The zero-order valence-electron chi connectivity index (χ0n) is 11.9. The van der Waals surface area contributed by atoms with Gasteiger partial charge in [0.1, 0.15) is 5.60 Å². The van der Waals surface area contributed by atoms with Gasteiger partial charge in [-0.2, -0.15) is 12.6 Å². The summed E-state index contributed by atoms with van der Waals surface area (Å²) in [6.07, 6.45) is 0.932. The standard InChI is InChI=1S/C13H24N2O3S/c1-13(2,3)18-12(17)14-5-4-6-15-8-10(9-19)7-11(15)16/h10,19H,4-9H2,1-3H3,(H,14,17). The Morgan fingerprint density at radius 2 is 2.21 bits per heavy atom. The highest BCUT2D eigenvalue weighted by Crippen LogP contribution is 2.18. The Bertz CT molecular complexity index is 328. The van der Waals surface area contributed by atoms with E-state index >= 15 is 0 Å². The minimum Gasteiger partial charge on any atom is -0.444 e. The molecule has 0 spiro atoms. The molecule has 1 atom stereocenters. The van der Waals surface area contributed by atoms with Crippen molar-refractivity contribution in [3.8, 4) is 0 Å². The number of nitrogens with zero attached hydrogens (tertiary/aromatic N) is 1. The largest absolute Gasteiger partial charge is 0.444 e. The van der Waals surface area contributed by atoms with Crippen LogP contribution in [0.3, 0.4) is 0 Å². The molecule has 19 heavy (non-hydrogen) atoms. The molecule has 0 saturated carbocycles. The van der Waals surface area contributed by atoms with Crippen LogP contribution in [0.1, 0.15) is 33.6 Å². The fraction of sp³-hybridized carbons (Fsp3) is 0.846. The maximum atomic E-state index is 11.6. The molecular formula is C13H24N2O3S. The van der Waals surface area contributed by atoms with Gasteiger partial charge in [0.2, 0.25) is 5.91 Å². The molecule has 110 valence electrons. The molecule has 1 N–H and O–H groups in total. The van der Waals surface area contributed by atoms with Gasteiger partial charge in [-0.1, -0.05) is 0 Å². The van der Waals surface area contributed by atoms with E-state index < -0.39 is 11.7 Å². The first-order valence-corrected chi connectivity index (χ1v) is 7.30. The zero-order chi connectivity index (χ0) is 14.5. The van der Waals surface area contributed by atoms with Crippen molar-refractivity contribution in [2.24, 2.45) is 5.92 Å². The summed E-state index contributed by atoms with van der Waals surface area (Å²) < 4.78 is 5.12. The number of nitrogens with one attached hydrogen (secondary N) is 1. The molecule has 5 nitrogen and oxygen atoms in total. The number of carbonyl (C=O) groups excluding carboxylic acids is 2. The van der Waals surface area contributed by atoms with Crippen LogP contribution in [0.15, 0.2) is 0 Å². The summed E-state index contributed by atoms with van der Waals surface area (Å²) in [7, 11) is 0. The quantitative estimate of drug-likeness (QED) is 0.598. The number of amides is 2. The van der Waals surface area contributed by atoms with Gasteiger partial charge >= 0.3 is 6.09 Å². The van der Waals surface area contributed by atoms with E-state index in [-0.39, 0.29) is 5.91 Å². The van der Waals surface area contributed by atoms with Crippen LogP contribution in [0.5, 0.6) is 0 Å². The van der Waals surface area contributed by atoms with E-state index in [0.717, 1.165) is 18.7 Å². The number of ether oxygens (including phenoxy) is 1. The van der Waals surface area contributed by atoms with E-state index in [2.05, 4.69) is 17.9 Å². The van der Waals surface area contributed by atoms with Crippen LogP contribution in [-0.2, 0) is 9.53 Å². The lowest BCUT2D eigenvalue weighted by molar-refractivity contribution is -0.127. The van der Waals surface area contributed by atoms with Gasteiger partial charge in [0.25, 0.3) is 0 Å². The van der Waals surface area contributed by atoms with Crippen LogP contribution < -0.4 is 5.32 Å². The van der Waals surface area contributed by atoms with Gasteiger partial charge in [-0.25, -0.2) is 4.79 Å². The van der Waals surface area contributed by atoms with Crippen LogP contribution in [-0.4, -0.2) is 47.9 Å². The first-order chi connectivity index (χ1) is 8.81.